The number of rotatable bonds is 0. The van der Waals surface area contributed by atoms with E-state index in [-0.39, 0.29) is 11.5 Å². The summed E-state index contributed by atoms with van der Waals surface area (Å²) in [5.74, 6) is 0.233. The van der Waals surface area contributed by atoms with Gasteiger partial charge in [0.2, 0.25) is 0 Å². The van der Waals surface area contributed by atoms with Gasteiger partial charge in [0.25, 0.3) is 0 Å². The zero-order valence-electron chi connectivity index (χ0n) is 18.1. The Hall–Kier alpha value is -4.84. The van der Waals surface area contributed by atoms with Gasteiger partial charge in [0.1, 0.15) is 11.5 Å². The number of aromatic hydroxyl groups is 2. The number of hydrogen-bond acceptors (Lipinski definition) is 6. The lowest BCUT2D eigenvalue weighted by atomic mass is 10.1. The number of phenols is 2. The van der Waals surface area contributed by atoms with Crippen LogP contribution in [0.4, 0.5) is 22.7 Å². The minimum Gasteiger partial charge on any atom is -0.508 e. The Kier molecular flexibility index (Phi) is 5.78. The van der Waals surface area contributed by atoms with Gasteiger partial charge < -0.3 is 10.2 Å². The molecular weight excluding hydrogens is 424 g/mol. The first-order chi connectivity index (χ1) is 16.6. The molecule has 0 atom stereocenters. The highest BCUT2D eigenvalue weighted by Gasteiger charge is 2.04. The monoisotopic (exact) mass is 444 g/mol. The third-order valence-corrected chi connectivity index (χ3v) is 5.15. The largest absolute Gasteiger partial charge is 0.508 e. The second-order valence-electron chi connectivity index (χ2n) is 7.72. The van der Waals surface area contributed by atoms with Crippen LogP contribution in [0.2, 0.25) is 0 Å². The molecule has 6 heteroatoms. The predicted molar refractivity (Wildman–Crippen MR) is 138 cm³/mol. The van der Waals surface area contributed by atoms with Crippen LogP contribution >= 0.6 is 0 Å². The fourth-order valence-corrected chi connectivity index (χ4v) is 3.49. The van der Waals surface area contributed by atoms with Crippen molar-refractivity contribution in [2.45, 2.75) is 0 Å². The molecule has 0 saturated carbocycles. The second kappa shape index (κ2) is 9.34. The van der Waals surface area contributed by atoms with Crippen molar-refractivity contribution < 1.29 is 10.2 Å². The molecule has 0 radical (unpaired) electrons. The van der Waals surface area contributed by atoms with Crippen LogP contribution in [0, 0.1) is 0 Å². The Morgan fingerprint density at radius 1 is 0.441 bits per heavy atom. The lowest BCUT2D eigenvalue weighted by Gasteiger charge is -2.04. The van der Waals surface area contributed by atoms with Crippen LogP contribution < -0.4 is 0 Å². The van der Waals surface area contributed by atoms with E-state index in [4.69, 9.17) is 0 Å². The Morgan fingerprint density at radius 2 is 0.853 bits per heavy atom. The summed E-state index contributed by atoms with van der Waals surface area (Å²) in [5.41, 5.74) is 5.46. The maximum atomic E-state index is 10.7. The van der Waals surface area contributed by atoms with Crippen LogP contribution in [0.5, 0.6) is 11.5 Å². The molecule has 8 bridgehead atoms. The van der Waals surface area contributed by atoms with E-state index in [2.05, 4.69) is 20.0 Å². The number of phenolic OH excluding ortho intramolecular Hbond substituents is 2. The smallest absolute Gasteiger partial charge is 0.133 e. The molecular formula is C28H20N4O2. The van der Waals surface area contributed by atoms with Gasteiger partial charge >= 0.3 is 0 Å². The summed E-state index contributed by atoms with van der Waals surface area (Å²) in [5, 5.41) is 20.9. The second-order valence-corrected chi connectivity index (χ2v) is 7.72. The van der Waals surface area contributed by atoms with Crippen LogP contribution in [0.15, 0.2) is 105 Å². The van der Waals surface area contributed by atoms with Crippen molar-refractivity contribution in [2.75, 3.05) is 0 Å². The minimum absolute atomic E-state index is 0.103. The van der Waals surface area contributed by atoms with Crippen molar-refractivity contribution in [3.63, 3.8) is 0 Å². The number of para-hydroxylation sites is 1. The van der Waals surface area contributed by atoms with Crippen LogP contribution in [0.25, 0.3) is 0 Å². The molecule has 0 unspecified atom stereocenters. The molecule has 0 fully saturated rings. The van der Waals surface area contributed by atoms with Crippen LogP contribution in [-0.4, -0.2) is 35.1 Å². The van der Waals surface area contributed by atoms with Crippen molar-refractivity contribution in [3.05, 3.63) is 107 Å². The van der Waals surface area contributed by atoms with E-state index in [1.54, 1.807) is 49.1 Å². The molecule has 34 heavy (non-hydrogen) atoms. The van der Waals surface area contributed by atoms with Gasteiger partial charge in [-0.3, -0.25) is 20.0 Å². The van der Waals surface area contributed by atoms with Crippen LogP contribution in [-0.2, 0) is 0 Å². The first kappa shape index (κ1) is 21.0. The number of fused-ring (bicyclic) bond motifs is 8. The molecule has 1 heterocycles. The Balaban J connectivity index is 1.63. The van der Waals surface area contributed by atoms with E-state index in [0.717, 1.165) is 11.1 Å². The Bertz CT molecular complexity index is 1380. The number of hydrogen-bond donors (Lipinski definition) is 2. The van der Waals surface area contributed by atoms with Crippen LogP contribution in [0.1, 0.15) is 22.3 Å². The summed E-state index contributed by atoms with van der Waals surface area (Å²) in [7, 11) is 0. The standard InChI is InChI=1S/C28H20N4O2/c33-27-11-19-10-20(12-27)16-30-24-7-3-9-26(14-24)32-18-22-5-1-4-21(28(22)34)17-31-25-8-2-6-23(13-25)29-15-19/h1-18,33-34H. The molecule has 4 aromatic carbocycles. The fraction of sp³-hybridized carbons (Fsp3) is 0. The van der Waals surface area contributed by atoms with Crippen molar-refractivity contribution >= 4 is 47.6 Å². The van der Waals surface area contributed by atoms with Crippen molar-refractivity contribution in [1.29, 1.82) is 0 Å². The maximum Gasteiger partial charge on any atom is 0.133 e. The third kappa shape index (κ3) is 4.97. The summed E-state index contributed by atoms with van der Waals surface area (Å²) in [6.45, 7) is 0. The number of nitrogens with zero attached hydrogens (tertiary/aromatic N) is 4. The molecule has 1 aliphatic rings. The highest BCUT2D eigenvalue weighted by molar-refractivity contribution is 5.94. The van der Waals surface area contributed by atoms with Crippen molar-refractivity contribution in [3.8, 4) is 11.5 Å². The minimum atomic E-state index is 0.103. The molecule has 4 aromatic rings. The van der Waals surface area contributed by atoms with Gasteiger partial charge in [-0.25, -0.2) is 0 Å². The molecule has 2 N–H and O–H groups in total. The molecule has 0 saturated heterocycles. The Morgan fingerprint density at radius 3 is 1.32 bits per heavy atom. The number of benzene rings is 4. The molecule has 1 aliphatic heterocycles. The quantitative estimate of drug-likeness (QED) is 0.289. The molecule has 6 nitrogen and oxygen atoms in total. The zero-order chi connectivity index (χ0) is 23.3. The highest BCUT2D eigenvalue weighted by atomic mass is 16.3. The summed E-state index contributed by atoms with van der Waals surface area (Å²) in [4.78, 5) is 18.0. The highest BCUT2D eigenvalue weighted by Crippen LogP contribution is 2.25. The number of aliphatic imine (C=N–C) groups is 4. The van der Waals surface area contributed by atoms with Gasteiger partial charge in [0.15, 0.2) is 0 Å². The lowest BCUT2D eigenvalue weighted by molar-refractivity contribution is 0.473. The fourth-order valence-electron chi connectivity index (χ4n) is 3.49. The van der Waals surface area contributed by atoms with Gasteiger partial charge in [-0.05, 0) is 77.9 Å². The topological polar surface area (TPSA) is 89.9 Å². The first-order valence-corrected chi connectivity index (χ1v) is 10.6. The lowest BCUT2D eigenvalue weighted by Crippen LogP contribution is -1.89. The average Bonchev–Trinajstić information content (AvgIpc) is 2.85. The van der Waals surface area contributed by atoms with Crippen LogP contribution in [0.3, 0.4) is 0 Å². The Labute approximate surface area is 196 Å². The molecule has 164 valence electrons. The third-order valence-electron chi connectivity index (χ3n) is 5.15. The summed E-state index contributed by atoms with van der Waals surface area (Å²) < 4.78 is 0. The molecule has 5 rings (SSSR count). The summed E-state index contributed by atoms with van der Waals surface area (Å²) in [6.07, 6.45) is 6.60. The first-order valence-electron chi connectivity index (χ1n) is 10.6. The van der Waals surface area contributed by atoms with Crippen molar-refractivity contribution in [2.24, 2.45) is 20.0 Å². The average molecular weight is 444 g/mol. The molecule has 0 aromatic heterocycles. The zero-order valence-corrected chi connectivity index (χ0v) is 18.1. The summed E-state index contributed by atoms with van der Waals surface area (Å²) in [6, 6.07) is 25.5. The van der Waals surface area contributed by atoms with E-state index >= 15 is 0 Å². The van der Waals surface area contributed by atoms with E-state index in [9.17, 15) is 10.2 Å². The van der Waals surface area contributed by atoms with E-state index in [1.165, 1.54) is 0 Å². The van der Waals surface area contributed by atoms with E-state index < -0.39 is 0 Å². The van der Waals surface area contributed by atoms with Gasteiger partial charge in [0, 0.05) is 36.0 Å². The van der Waals surface area contributed by atoms with E-state index in [0.29, 0.717) is 33.9 Å². The van der Waals surface area contributed by atoms with Gasteiger partial charge in [-0.2, -0.15) is 0 Å². The molecule has 0 aliphatic carbocycles. The van der Waals surface area contributed by atoms with E-state index in [1.807, 2.05) is 60.7 Å². The van der Waals surface area contributed by atoms with Gasteiger partial charge in [0.05, 0.1) is 22.7 Å². The molecule has 0 spiro atoms. The molecule has 0 amide bonds. The summed E-state index contributed by atoms with van der Waals surface area (Å²) >= 11 is 0. The predicted octanol–water partition coefficient (Wildman–Crippen LogP) is 6.41. The van der Waals surface area contributed by atoms with Gasteiger partial charge in [-0.1, -0.05) is 18.2 Å². The maximum absolute atomic E-state index is 10.7. The normalized spacial score (nSPS) is 12.5. The van der Waals surface area contributed by atoms with Gasteiger partial charge in [-0.15, -0.1) is 0 Å². The van der Waals surface area contributed by atoms with Crippen molar-refractivity contribution in [1.82, 2.24) is 0 Å². The SMILES string of the molecule is Oc1cc2cc(c1)C=Nc1cccc(c1)N=Cc1cccc(c1O)C=Nc1cccc(c1)N=C2.